The summed E-state index contributed by atoms with van der Waals surface area (Å²) in [7, 11) is 0. The van der Waals surface area contributed by atoms with E-state index < -0.39 is 0 Å². The summed E-state index contributed by atoms with van der Waals surface area (Å²) in [6.07, 6.45) is 2.25. The molecule has 0 fully saturated rings. The van der Waals surface area contributed by atoms with Gasteiger partial charge in [0.15, 0.2) is 0 Å². The van der Waals surface area contributed by atoms with Crippen LogP contribution < -0.4 is 5.32 Å². The maximum Gasteiger partial charge on any atom is 0.223 e. The minimum Gasteiger partial charge on any atom is -0.396 e. The Balaban J connectivity index is 2.72. The van der Waals surface area contributed by atoms with Crippen molar-refractivity contribution in [1.29, 1.82) is 0 Å². The summed E-state index contributed by atoms with van der Waals surface area (Å²) in [5.41, 5.74) is 1.05. The second-order valence-corrected chi connectivity index (χ2v) is 4.50. The Morgan fingerprint density at radius 1 is 1.22 bits per heavy atom. The lowest BCUT2D eigenvalue weighted by Gasteiger charge is -2.21. The Hall–Kier alpha value is -1.35. The van der Waals surface area contributed by atoms with Crippen molar-refractivity contribution in [3.8, 4) is 0 Å². The van der Waals surface area contributed by atoms with E-state index >= 15 is 0 Å². The highest BCUT2D eigenvalue weighted by Gasteiger charge is 2.19. The van der Waals surface area contributed by atoms with Crippen molar-refractivity contribution in [3.63, 3.8) is 0 Å². The fourth-order valence-corrected chi connectivity index (χ4v) is 2.09. The highest BCUT2D eigenvalue weighted by molar-refractivity contribution is 5.79. The summed E-state index contributed by atoms with van der Waals surface area (Å²) in [5.74, 6) is 0.150. The first-order valence-corrected chi connectivity index (χ1v) is 6.69. The zero-order valence-electron chi connectivity index (χ0n) is 11.2. The number of nitrogens with one attached hydrogen (secondary N) is 1. The molecule has 1 rings (SSSR count). The molecule has 1 amide bonds. The van der Waals surface area contributed by atoms with Crippen molar-refractivity contribution in [2.24, 2.45) is 5.92 Å². The number of hydrogen-bond donors (Lipinski definition) is 2. The Labute approximate surface area is 109 Å². The number of aliphatic hydroxyl groups excluding tert-OH is 1. The molecular weight excluding hydrogens is 226 g/mol. The van der Waals surface area contributed by atoms with Crippen LogP contribution in [0, 0.1) is 5.92 Å². The van der Waals surface area contributed by atoms with E-state index in [-0.39, 0.29) is 24.5 Å². The van der Waals surface area contributed by atoms with Gasteiger partial charge in [0.1, 0.15) is 0 Å². The Morgan fingerprint density at radius 2 is 1.83 bits per heavy atom. The van der Waals surface area contributed by atoms with Crippen LogP contribution in [0.1, 0.15) is 44.7 Å². The molecule has 0 heterocycles. The average molecular weight is 249 g/mol. The minimum atomic E-state index is -0.0932. The van der Waals surface area contributed by atoms with E-state index in [4.69, 9.17) is 5.11 Å². The summed E-state index contributed by atoms with van der Waals surface area (Å²) < 4.78 is 0. The lowest BCUT2D eigenvalue weighted by atomic mass is 9.99. The third-order valence-corrected chi connectivity index (χ3v) is 3.29. The van der Waals surface area contributed by atoms with E-state index in [1.165, 1.54) is 0 Å². The number of aliphatic hydroxyl groups is 1. The lowest BCUT2D eigenvalue weighted by molar-refractivity contribution is -0.126. The SMILES string of the molecule is CCC(CC)C(=O)N[C@@H](CCO)c1ccccc1. The second-order valence-electron chi connectivity index (χ2n) is 4.50. The van der Waals surface area contributed by atoms with Crippen LogP contribution in [0.3, 0.4) is 0 Å². The lowest BCUT2D eigenvalue weighted by Crippen LogP contribution is -2.34. The zero-order valence-corrected chi connectivity index (χ0v) is 11.2. The molecule has 2 N–H and O–H groups in total. The number of carbonyl (C=O) groups excluding carboxylic acids is 1. The summed E-state index contributed by atoms with van der Waals surface area (Å²) in [4.78, 5) is 12.1. The van der Waals surface area contributed by atoms with Gasteiger partial charge in [0.05, 0.1) is 6.04 Å². The minimum absolute atomic E-state index is 0.0647. The predicted octanol–water partition coefficient (Wildman–Crippen LogP) is 2.66. The maximum atomic E-state index is 12.1. The molecule has 1 aromatic rings. The number of amides is 1. The number of carbonyl (C=O) groups is 1. The zero-order chi connectivity index (χ0) is 13.4. The van der Waals surface area contributed by atoms with Gasteiger partial charge in [-0.1, -0.05) is 44.2 Å². The molecule has 0 aliphatic rings. The molecule has 3 nitrogen and oxygen atoms in total. The fourth-order valence-electron chi connectivity index (χ4n) is 2.09. The smallest absolute Gasteiger partial charge is 0.223 e. The van der Waals surface area contributed by atoms with Crippen LogP contribution in [0.15, 0.2) is 30.3 Å². The van der Waals surface area contributed by atoms with Gasteiger partial charge < -0.3 is 10.4 Å². The molecule has 1 aromatic carbocycles. The first-order chi connectivity index (χ1) is 8.72. The van der Waals surface area contributed by atoms with Gasteiger partial charge in [-0.25, -0.2) is 0 Å². The van der Waals surface area contributed by atoms with Gasteiger partial charge in [0, 0.05) is 12.5 Å². The first-order valence-electron chi connectivity index (χ1n) is 6.69. The Bertz CT molecular complexity index is 347. The summed E-state index contributed by atoms with van der Waals surface area (Å²) in [6, 6.07) is 9.71. The maximum absolute atomic E-state index is 12.1. The summed E-state index contributed by atoms with van der Waals surface area (Å²) in [6.45, 7) is 4.12. The molecular formula is C15H23NO2. The van der Waals surface area contributed by atoms with Crippen molar-refractivity contribution >= 4 is 5.91 Å². The van der Waals surface area contributed by atoms with Gasteiger partial charge in [0.2, 0.25) is 5.91 Å². The number of rotatable bonds is 7. The Kier molecular flexibility index (Phi) is 6.44. The van der Waals surface area contributed by atoms with Gasteiger partial charge in [-0.3, -0.25) is 4.79 Å². The van der Waals surface area contributed by atoms with Gasteiger partial charge in [0.25, 0.3) is 0 Å². The first kappa shape index (κ1) is 14.7. The van der Waals surface area contributed by atoms with Crippen molar-refractivity contribution in [2.45, 2.75) is 39.2 Å². The van der Waals surface area contributed by atoms with Crippen LogP contribution in [-0.4, -0.2) is 17.6 Å². The molecule has 18 heavy (non-hydrogen) atoms. The predicted molar refractivity (Wildman–Crippen MR) is 73.1 cm³/mol. The molecule has 0 radical (unpaired) electrons. The quantitative estimate of drug-likeness (QED) is 0.780. The van der Waals surface area contributed by atoms with E-state index in [1.807, 2.05) is 44.2 Å². The van der Waals surface area contributed by atoms with E-state index in [0.717, 1.165) is 18.4 Å². The summed E-state index contributed by atoms with van der Waals surface area (Å²) >= 11 is 0. The highest BCUT2D eigenvalue weighted by atomic mass is 16.3. The van der Waals surface area contributed by atoms with E-state index in [9.17, 15) is 4.79 Å². The van der Waals surface area contributed by atoms with Crippen LogP contribution in [-0.2, 0) is 4.79 Å². The van der Waals surface area contributed by atoms with Gasteiger partial charge in [-0.2, -0.15) is 0 Å². The molecule has 0 aliphatic heterocycles. The molecule has 0 saturated heterocycles. The second kappa shape index (κ2) is 7.88. The highest BCUT2D eigenvalue weighted by Crippen LogP contribution is 2.18. The van der Waals surface area contributed by atoms with E-state index in [1.54, 1.807) is 0 Å². The van der Waals surface area contributed by atoms with E-state index in [0.29, 0.717) is 6.42 Å². The largest absolute Gasteiger partial charge is 0.396 e. The number of hydrogen-bond acceptors (Lipinski definition) is 2. The van der Waals surface area contributed by atoms with Gasteiger partial charge in [-0.15, -0.1) is 0 Å². The molecule has 0 aliphatic carbocycles. The van der Waals surface area contributed by atoms with Crippen molar-refractivity contribution in [3.05, 3.63) is 35.9 Å². The molecule has 3 heteroatoms. The third kappa shape index (κ3) is 4.15. The van der Waals surface area contributed by atoms with E-state index in [2.05, 4.69) is 5.32 Å². The average Bonchev–Trinajstić information content (AvgIpc) is 2.40. The fraction of sp³-hybridized carbons (Fsp3) is 0.533. The van der Waals surface area contributed by atoms with Crippen LogP contribution in [0.5, 0.6) is 0 Å². The van der Waals surface area contributed by atoms with Crippen LogP contribution in [0.4, 0.5) is 0 Å². The molecule has 0 aromatic heterocycles. The topological polar surface area (TPSA) is 49.3 Å². The Morgan fingerprint density at radius 3 is 2.33 bits per heavy atom. The van der Waals surface area contributed by atoms with Crippen LogP contribution >= 0.6 is 0 Å². The molecule has 0 saturated carbocycles. The molecule has 0 unspecified atom stereocenters. The molecule has 0 bridgehead atoms. The number of benzene rings is 1. The monoisotopic (exact) mass is 249 g/mol. The molecule has 1 atom stereocenters. The summed E-state index contributed by atoms with van der Waals surface area (Å²) in [5, 5.41) is 12.1. The van der Waals surface area contributed by atoms with Gasteiger partial charge in [-0.05, 0) is 24.8 Å². The molecule has 0 spiro atoms. The van der Waals surface area contributed by atoms with Crippen molar-refractivity contribution in [1.82, 2.24) is 5.32 Å². The standard InChI is InChI=1S/C15H23NO2/c1-3-12(4-2)15(18)16-14(10-11-17)13-8-6-5-7-9-13/h5-9,12,14,17H,3-4,10-11H2,1-2H3,(H,16,18)/t14-/m0/s1. The van der Waals surface area contributed by atoms with Gasteiger partial charge >= 0.3 is 0 Å². The normalized spacial score (nSPS) is 12.4. The third-order valence-electron chi connectivity index (χ3n) is 3.29. The molecule has 100 valence electrons. The van der Waals surface area contributed by atoms with Crippen LogP contribution in [0.2, 0.25) is 0 Å². The van der Waals surface area contributed by atoms with Crippen molar-refractivity contribution in [2.75, 3.05) is 6.61 Å². The van der Waals surface area contributed by atoms with Crippen LogP contribution in [0.25, 0.3) is 0 Å². The van der Waals surface area contributed by atoms with Crippen molar-refractivity contribution < 1.29 is 9.90 Å².